The van der Waals surface area contributed by atoms with Gasteiger partial charge in [-0.05, 0) is 52.1 Å². The largest absolute Gasteiger partial charge is 0.478 e. The number of primary amides is 1. The number of aryl methyl sites for hydroxylation is 1. The van der Waals surface area contributed by atoms with E-state index in [1.807, 2.05) is 37.3 Å². The van der Waals surface area contributed by atoms with Crippen LogP contribution in [-0.2, 0) is 13.0 Å². The van der Waals surface area contributed by atoms with E-state index in [9.17, 15) is 19.5 Å². The van der Waals surface area contributed by atoms with Crippen molar-refractivity contribution in [3.8, 4) is 22.5 Å². The zero-order valence-electron chi connectivity index (χ0n) is 21.1. The molecule has 0 aliphatic rings. The molecule has 0 fully saturated rings. The minimum absolute atomic E-state index is 0. The van der Waals surface area contributed by atoms with E-state index in [0.717, 1.165) is 24.5 Å². The summed E-state index contributed by atoms with van der Waals surface area (Å²) in [6.07, 6.45) is 2.26. The SMILES string of the molecule is CCCCc1cc(C(=O)O)cc(=O)n1Cc1ccc(-c2ccccc2-c2nnn[nH]2)c(C(N)=O)c1.[K].[K]. The van der Waals surface area contributed by atoms with E-state index in [-0.39, 0.29) is 120 Å². The Morgan fingerprint density at radius 3 is 2.38 bits per heavy atom. The summed E-state index contributed by atoms with van der Waals surface area (Å²) in [5, 5.41) is 23.3. The Labute approximate surface area is 298 Å². The molecule has 0 atom stereocenters. The number of hydrogen-bond donors (Lipinski definition) is 3. The van der Waals surface area contributed by atoms with Crippen molar-refractivity contribution in [1.29, 1.82) is 0 Å². The molecule has 4 N–H and O–H groups in total. The summed E-state index contributed by atoms with van der Waals surface area (Å²) in [6, 6.07) is 15.3. The molecule has 37 heavy (non-hydrogen) atoms. The quantitative estimate of drug-likeness (QED) is 0.269. The van der Waals surface area contributed by atoms with Gasteiger partial charge >= 0.3 is 5.97 Å². The number of pyridine rings is 1. The van der Waals surface area contributed by atoms with Crippen molar-refractivity contribution >= 4 is 115 Å². The first-order valence-electron chi connectivity index (χ1n) is 11.1. The first-order chi connectivity index (χ1) is 16.9. The summed E-state index contributed by atoms with van der Waals surface area (Å²) in [4.78, 5) is 36.7. The van der Waals surface area contributed by atoms with Gasteiger partial charge in [0.05, 0.1) is 12.1 Å². The first-order valence-corrected chi connectivity index (χ1v) is 11.1. The van der Waals surface area contributed by atoms with Crippen molar-refractivity contribution in [2.45, 2.75) is 32.7 Å². The Hall–Kier alpha value is -1.33. The number of hydrogen-bond acceptors (Lipinski definition) is 6. The Bertz CT molecular complexity index is 1450. The zero-order chi connectivity index (χ0) is 24.9. The maximum atomic E-state index is 12.8. The second-order valence-corrected chi connectivity index (χ2v) is 8.11. The average molecular weight is 551 g/mol. The van der Waals surface area contributed by atoms with Crippen LogP contribution in [0.15, 0.2) is 59.4 Å². The van der Waals surface area contributed by atoms with Crippen molar-refractivity contribution in [3.05, 3.63) is 87.3 Å². The summed E-state index contributed by atoms with van der Waals surface area (Å²) in [5.74, 6) is -1.31. The van der Waals surface area contributed by atoms with Gasteiger partial charge in [-0.1, -0.05) is 49.7 Å². The number of rotatable bonds is 9. The molecule has 0 saturated carbocycles. The Morgan fingerprint density at radius 1 is 1.03 bits per heavy atom. The van der Waals surface area contributed by atoms with Gasteiger partial charge < -0.3 is 15.4 Å². The third-order valence-corrected chi connectivity index (χ3v) is 5.76. The number of nitrogens with zero attached hydrogens (tertiary/aromatic N) is 4. The molecule has 2 radical (unpaired) electrons. The van der Waals surface area contributed by atoms with Crippen LogP contribution in [0.25, 0.3) is 22.5 Å². The van der Waals surface area contributed by atoms with Crippen molar-refractivity contribution in [2.24, 2.45) is 5.73 Å². The van der Waals surface area contributed by atoms with Crippen molar-refractivity contribution < 1.29 is 14.7 Å². The van der Waals surface area contributed by atoms with E-state index in [1.54, 1.807) is 12.1 Å². The maximum Gasteiger partial charge on any atom is 0.335 e. The number of nitrogens with two attached hydrogens (primary N) is 1. The van der Waals surface area contributed by atoms with E-state index < -0.39 is 17.4 Å². The number of carboxylic acids is 1. The number of amides is 1. The Morgan fingerprint density at radius 2 is 1.76 bits per heavy atom. The molecule has 2 aromatic heterocycles. The number of carbonyl (C=O) groups excluding carboxylic acids is 1. The number of aromatic nitrogens is 5. The monoisotopic (exact) mass is 550 g/mol. The van der Waals surface area contributed by atoms with Gasteiger partial charge in [-0.25, -0.2) is 9.89 Å². The molecule has 0 bridgehead atoms. The van der Waals surface area contributed by atoms with E-state index in [2.05, 4.69) is 20.6 Å². The summed E-state index contributed by atoms with van der Waals surface area (Å²) < 4.78 is 1.54. The molecule has 1 amide bonds. The Kier molecular flexibility index (Phi) is 12.7. The molecule has 0 saturated heterocycles. The predicted molar refractivity (Wildman–Crippen MR) is 140 cm³/mol. The third kappa shape index (κ3) is 7.62. The average Bonchev–Trinajstić information content (AvgIpc) is 3.39. The number of tetrazole rings is 1. The fraction of sp³-hybridized carbons (Fsp3) is 0.200. The summed E-state index contributed by atoms with van der Waals surface area (Å²) in [5.41, 5.74) is 8.92. The number of unbranched alkanes of at least 4 members (excludes halogenated alkanes) is 1. The number of benzene rings is 2. The predicted octanol–water partition coefficient (Wildman–Crippen LogP) is 2.12. The maximum absolute atomic E-state index is 12.8. The van der Waals surface area contributed by atoms with Crippen LogP contribution in [0.4, 0.5) is 0 Å². The van der Waals surface area contributed by atoms with Crippen LogP contribution in [0.2, 0.25) is 0 Å². The fourth-order valence-electron chi connectivity index (χ4n) is 4.03. The number of aromatic carboxylic acids is 1. The van der Waals surface area contributed by atoms with Crippen molar-refractivity contribution in [3.63, 3.8) is 0 Å². The van der Waals surface area contributed by atoms with Crippen LogP contribution in [0.3, 0.4) is 0 Å². The van der Waals surface area contributed by atoms with Gasteiger partial charge in [-0.3, -0.25) is 9.59 Å². The number of H-pyrrole nitrogens is 1. The standard InChI is InChI=1S/C25H24N6O4.2K/c1-2-3-6-17-12-16(25(34)35)13-22(32)31(17)14-15-9-10-19(21(11-15)23(26)33)18-7-4-5-8-20(18)24-27-29-30-28-24;;/h4-5,7-13H,2-3,6,14H2,1H3,(H2,26,33)(H,34,35)(H,27,28,29,30);;. The van der Waals surface area contributed by atoms with Crippen molar-refractivity contribution in [1.82, 2.24) is 25.2 Å². The van der Waals surface area contributed by atoms with E-state index in [0.29, 0.717) is 34.6 Å². The molecule has 180 valence electrons. The fourth-order valence-corrected chi connectivity index (χ4v) is 4.03. The van der Waals surface area contributed by atoms with Crippen LogP contribution in [-0.4, -0.2) is 145 Å². The molecule has 10 nitrogen and oxygen atoms in total. The number of carbonyl (C=O) groups is 2. The van der Waals surface area contributed by atoms with Gasteiger partial charge in [0.1, 0.15) is 0 Å². The smallest absolute Gasteiger partial charge is 0.335 e. The topological polar surface area (TPSA) is 157 Å². The molecule has 4 rings (SSSR count). The number of carboxylic acid groups (broad SMARTS) is 1. The van der Waals surface area contributed by atoms with Gasteiger partial charge in [0, 0.05) is 126 Å². The van der Waals surface area contributed by atoms with Gasteiger partial charge in [-0.2, -0.15) is 0 Å². The number of nitrogens with one attached hydrogen (secondary N) is 1. The van der Waals surface area contributed by atoms with Gasteiger partial charge in [0.15, 0.2) is 5.82 Å². The summed E-state index contributed by atoms with van der Waals surface area (Å²) >= 11 is 0. The summed E-state index contributed by atoms with van der Waals surface area (Å²) in [7, 11) is 0. The Balaban J connectivity index is 0.00000241. The van der Waals surface area contributed by atoms with E-state index in [4.69, 9.17) is 5.73 Å². The molecule has 0 aliphatic heterocycles. The van der Waals surface area contributed by atoms with Gasteiger partial charge in [-0.15, -0.1) is 5.10 Å². The molecule has 0 aliphatic carbocycles. The van der Waals surface area contributed by atoms with Crippen LogP contribution in [0.1, 0.15) is 51.7 Å². The third-order valence-electron chi connectivity index (χ3n) is 5.76. The minimum atomic E-state index is -1.15. The molecule has 0 spiro atoms. The molecular formula is C25H24K2N6O4. The molecule has 0 unspecified atom stereocenters. The number of aromatic amines is 1. The van der Waals surface area contributed by atoms with Crippen LogP contribution < -0.4 is 11.3 Å². The second-order valence-electron chi connectivity index (χ2n) is 8.11. The van der Waals surface area contributed by atoms with E-state index >= 15 is 0 Å². The normalized spacial score (nSPS) is 10.3. The summed E-state index contributed by atoms with van der Waals surface area (Å²) in [6.45, 7) is 2.19. The molecule has 2 heterocycles. The van der Waals surface area contributed by atoms with Gasteiger partial charge in [0.25, 0.3) is 5.56 Å². The second kappa shape index (κ2) is 14.7. The molecule has 2 aromatic carbocycles. The molecular weight excluding hydrogens is 527 g/mol. The van der Waals surface area contributed by atoms with Gasteiger partial charge in [0.2, 0.25) is 5.91 Å². The van der Waals surface area contributed by atoms with Crippen LogP contribution in [0, 0.1) is 0 Å². The van der Waals surface area contributed by atoms with Crippen LogP contribution >= 0.6 is 0 Å². The van der Waals surface area contributed by atoms with Crippen molar-refractivity contribution in [2.75, 3.05) is 0 Å². The van der Waals surface area contributed by atoms with E-state index in [1.165, 1.54) is 10.6 Å². The molecule has 4 aromatic rings. The molecule has 12 heteroatoms. The van der Waals surface area contributed by atoms with Crippen LogP contribution in [0.5, 0.6) is 0 Å². The zero-order valence-corrected chi connectivity index (χ0v) is 27.3. The minimum Gasteiger partial charge on any atom is -0.478 e. The first kappa shape index (κ1) is 31.9.